The molecular formula is C16H18N4OS2. The van der Waals surface area contributed by atoms with E-state index >= 15 is 0 Å². The monoisotopic (exact) mass is 346 g/mol. The predicted octanol–water partition coefficient (Wildman–Crippen LogP) is 3.44. The van der Waals surface area contributed by atoms with E-state index in [2.05, 4.69) is 26.7 Å². The summed E-state index contributed by atoms with van der Waals surface area (Å²) in [7, 11) is 0. The molecule has 1 aliphatic heterocycles. The van der Waals surface area contributed by atoms with Crippen molar-refractivity contribution < 1.29 is 4.79 Å². The van der Waals surface area contributed by atoms with Gasteiger partial charge in [-0.05, 0) is 25.0 Å². The van der Waals surface area contributed by atoms with Crippen LogP contribution < -0.4 is 0 Å². The van der Waals surface area contributed by atoms with Crippen molar-refractivity contribution in [3.8, 4) is 0 Å². The zero-order valence-electron chi connectivity index (χ0n) is 12.8. The number of carbonyl (C=O) groups is 1. The molecule has 1 aromatic carbocycles. The molecule has 0 aliphatic carbocycles. The van der Waals surface area contributed by atoms with Gasteiger partial charge in [-0.1, -0.05) is 48.1 Å². The topological polar surface area (TPSA) is 50.5 Å². The summed E-state index contributed by atoms with van der Waals surface area (Å²) in [5, 5.41) is 9.31. The Hall–Kier alpha value is -1.60. The third-order valence-electron chi connectivity index (χ3n) is 4.19. The van der Waals surface area contributed by atoms with Crippen molar-refractivity contribution in [3.63, 3.8) is 0 Å². The molecule has 3 aromatic rings. The summed E-state index contributed by atoms with van der Waals surface area (Å²) in [4.78, 5) is 15.3. The van der Waals surface area contributed by atoms with Crippen LogP contribution in [0, 0.1) is 0 Å². The van der Waals surface area contributed by atoms with Crippen molar-refractivity contribution in [2.24, 2.45) is 0 Å². The second kappa shape index (κ2) is 6.49. The molecule has 5 nitrogen and oxygen atoms in total. The molecule has 0 radical (unpaired) electrons. The van der Waals surface area contributed by atoms with E-state index in [1.807, 2.05) is 17.0 Å². The molecule has 2 aromatic heterocycles. The number of para-hydroxylation sites is 1. The number of rotatable bonds is 3. The van der Waals surface area contributed by atoms with Gasteiger partial charge in [0.15, 0.2) is 5.16 Å². The molecule has 0 bridgehead atoms. The fraction of sp³-hybridized carbons (Fsp3) is 0.438. The van der Waals surface area contributed by atoms with Crippen molar-refractivity contribution >= 4 is 44.2 Å². The Balaban J connectivity index is 1.52. The second-order valence-electron chi connectivity index (χ2n) is 5.75. The summed E-state index contributed by atoms with van der Waals surface area (Å²) in [5.41, 5.74) is 1.11. The number of benzene rings is 1. The first kappa shape index (κ1) is 15.0. The highest BCUT2D eigenvalue weighted by Gasteiger charge is 2.18. The predicted molar refractivity (Wildman–Crippen MR) is 94.1 cm³/mol. The maximum atomic E-state index is 12.4. The molecule has 1 amide bonds. The second-order valence-corrected chi connectivity index (χ2v) is 7.71. The van der Waals surface area contributed by atoms with Gasteiger partial charge in [-0.25, -0.2) is 0 Å². The molecule has 1 saturated heterocycles. The lowest BCUT2D eigenvalue weighted by molar-refractivity contribution is -0.128. The van der Waals surface area contributed by atoms with E-state index in [0.29, 0.717) is 5.75 Å². The summed E-state index contributed by atoms with van der Waals surface area (Å²) in [6, 6.07) is 8.21. The molecule has 4 rings (SSSR count). The number of hydrogen-bond acceptors (Lipinski definition) is 5. The SMILES string of the molecule is O=C(CSc1nnc2sc3ccccc3n12)N1CCCCCC1. The molecule has 0 N–H and O–H groups in total. The van der Waals surface area contributed by atoms with Gasteiger partial charge in [-0.3, -0.25) is 9.20 Å². The number of amides is 1. The van der Waals surface area contributed by atoms with Gasteiger partial charge in [-0.15, -0.1) is 10.2 Å². The van der Waals surface area contributed by atoms with Crippen molar-refractivity contribution in [3.05, 3.63) is 24.3 Å². The highest BCUT2D eigenvalue weighted by molar-refractivity contribution is 7.99. The van der Waals surface area contributed by atoms with Gasteiger partial charge < -0.3 is 4.90 Å². The van der Waals surface area contributed by atoms with E-state index in [1.165, 1.54) is 29.3 Å². The molecule has 7 heteroatoms. The summed E-state index contributed by atoms with van der Waals surface area (Å²) < 4.78 is 3.25. The van der Waals surface area contributed by atoms with Crippen LogP contribution in [0.25, 0.3) is 15.2 Å². The van der Waals surface area contributed by atoms with Gasteiger partial charge in [0, 0.05) is 13.1 Å². The minimum absolute atomic E-state index is 0.216. The van der Waals surface area contributed by atoms with Crippen LogP contribution in [0.4, 0.5) is 0 Å². The van der Waals surface area contributed by atoms with Crippen LogP contribution >= 0.6 is 23.1 Å². The Labute approximate surface area is 142 Å². The summed E-state index contributed by atoms with van der Waals surface area (Å²) >= 11 is 3.12. The van der Waals surface area contributed by atoms with Crippen LogP contribution in [-0.2, 0) is 4.79 Å². The number of hydrogen-bond donors (Lipinski definition) is 0. The normalized spacial score (nSPS) is 16.1. The Morgan fingerprint density at radius 1 is 1.13 bits per heavy atom. The van der Waals surface area contributed by atoms with Crippen molar-refractivity contribution in [2.45, 2.75) is 30.8 Å². The largest absolute Gasteiger partial charge is 0.342 e. The highest BCUT2D eigenvalue weighted by atomic mass is 32.2. The van der Waals surface area contributed by atoms with Gasteiger partial charge >= 0.3 is 0 Å². The van der Waals surface area contributed by atoms with Gasteiger partial charge in [0.05, 0.1) is 16.0 Å². The minimum Gasteiger partial charge on any atom is -0.342 e. The Morgan fingerprint density at radius 2 is 1.91 bits per heavy atom. The average Bonchev–Trinajstić information content (AvgIpc) is 3.00. The third-order valence-corrected chi connectivity index (χ3v) is 6.12. The van der Waals surface area contributed by atoms with E-state index in [-0.39, 0.29) is 5.91 Å². The number of aromatic nitrogens is 3. The van der Waals surface area contributed by atoms with Crippen LogP contribution in [0.15, 0.2) is 29.4 Å². The molecule has 3 heterocycles. The molecule has 0 spiro atoms. The summed E-state index contributed by atoms with van der Waals surface area (Å²) in [6.45, 7) is 1.80. The average molecular weight is 346 g/mol. The van der Waals surface area contributed by atoms with Gasteiger partial charge in [0.1, 0.15) is 0 Å². The van der Waals surface area contributed by atoms with Crippen LogP contribution in [0.1, 0.15) is 25.7 Å². The first-order chi connectivity index (χ1) is 11.3. The van der Waals surface area contributed by atoms with Crippen LogP contribution in [0.2, 0.25) is 0 Å². The van der Waals surface area contributed by atoms with E-state index in [9.17, 15) is 4.79 Å². The van der Waals surface area contributed by atoms with Gasteiger partial charge in [-0.2, -0.15) is 0 Å². The molecule has 120 valence electrons. The first-order valence-corrected chi connectivity index (χ1v) is 9.76. The lowest BCUT2D eigenvalue weighted by atomic mass is 10.2. The molecule has 0 atom stereocenters. The molecule has 1 aliphatic rings. The quantitative estimate of drug-likeness (QED) is 0.682. The number of nitrogens with zero attached hydrogens (tertiary/aromatic N) is 4. The third kappa shape index (κ3) is 2.95. The number of thiazole rings is 1. The van der Waals surface area contributed by atoms with Crippen LogP contribution in [-0.4, -0.2) is 44.2 Å². The molecule has 23 heavy (non-hydrogen) atoms. The minimum atomic E-state index is 0.216. The molecular weight excluding hydrogens is 328 g/mol. The number of carbonyl (C=O) groups excluding carboxylic acids is 1. The van der Waals surface area contributed by atoms with Gasteiger partial charge in [0.25, 0.3) is 0 Å². The molecule has 0 unspecified atom stereocenters. The van der Waals surface area contributed by atoms with Crippen LogP contribution in [0.3, 0.4) is 0 Å². The van der Waals surface area contributed by atoms with E-state index in [4.69, 9.17) is 0 Å². The summed E-state index contributed by atoms with van der Waals surface area (Å²) in [5.74, 6) is 0.651. The molecule has 0 saturated carbocycles. The van der Waals surface area contributed by atoms with E-state index in [1.54, 1.807) is 11.3 Å². The van der Waals surface area contributed by atoms with Crippen molar-refractivity contribution in [1.82, 2.24) is 19.5 Å². The van der Waals surface area contributed by atoms with Crippen LogP contribution in [0.5, 0.6) is 0 Å². The van der Waals surface area contributed by atoms with E-state index < -0.39 is 0 Å². The molecule has 1 fully saturated rings. The van der Waals surface area contributed by atoms with Crippen molar-refractivity contribution in [2.75, 3.05) is 18.8 Å². The maximum Gasteiger partial charge on any atom is 0.233 e. The van der Waals surface area contributed by atoms with E-state index in [0.717, 1.165) is 41.6 Å². The number of likely N-dealkylation sites (tertiary alicyclic amines) is 1. The lowest BCUT2D eigenvalue weighted by Gasteiger charge is -2.19. The smallest absolute Gasteiger partial charge is 0.233 e. The Bertz CT molecular complexity index is 833. The standard InChI is InChI=1S/C16H18N4OS2/c21-14(19-9-5-1-2-6-10-19)11-22-15-17-18-16-20(15)12-7-3-4-8-13(12)23-16/h3-4,7-8H,1-2,5-6,9-11H2. The Morgan fingerprint density at radius 3 is 2.74 bits per heavy atom. The fourth-order valence-electron chi connectivity index (χ4n) is 2.99. The zero-order chi connectivity index (χ0) is 15.6. The first-order valence-electron chi connectivity index (χ1n) is 7.96. The lowest BCUT2D eigenvalue weighted by Crippen LogP contribution is -2.33. The zero-order valence-corrected chi connectivity index (χ0v) is 14.4. The fourth-order valence-corrected chi connectivity index (χ4v) is 4.86. The number of thioether (sulfide) groups is 1. The van der Waals surface area contributed by atoms with Gasteiger partial charge in [0.2, 0.25) is 10.9 Å². The maximum absolute atomic E-state index is 12.4. The Kier molecular flexibility index (Phi) is 4.22. The number of fused-ring (bicyclic) bond motifs is 3. The van der Waals surface area contributed by atoms with Crippen molar-refractivity contribution in [1.29, 1.82) is 0 Å². The highest BCUT2D eigenvalue weighted by Crippen LogP contribution is 2.29. The summed E-state index contributed by atoms with van der Waals surface area (Å²) in [6.07, 6.45) is 4.73.